The zero-order chi connectivity index (χ0) is 16.1. The van der Waals surface area contributed by atoms with Gasteiger partial charge in [-0.05, 0) is 42.0 Å². The van der Waals surface area contributed by atoms with E-state index in [1.807, 2.05) is 0 Å². The van der Waals surface area contributed by atoms with Crippen molar-refractivity contribution in [3.8, 4) is 6.07 Å². The molecule has 0 saturated heterocycles. The van der Waals surface area contributed by atoms with Gasteiger partial charge >= 0.3 is 0 Å². The van der Waals surface area contributed by atoms with Crippen LogP contribution in [0.5, 0.6) is 0 Å². The minimum Gasteiger partial charge on any atom is -0.320 e. The van der Waals surface area contributed by atoms with Gasteiger partial charge in [-0.15, -0.1) is 0 Å². The van der Waals surface area contributed by atoms with Crippen LogP contribution in [0.1, 0.15) is 5.56 Å². The molecule has 0 aliphatic heterocycles. The lowest BCUT2D eigenvalue weighted by molar-refractivity contribution is -0.112. The van der Waals surface area contributed by atoms with Crippen LogP contribution >= 0.6 is 23.2 Å². The van der Waals surface area contributed by atoms with Crippen molar-refractivity contribution in [2.24, 2.45) is 0 Å². The van der Waals surface area contributed by atoms with E-state index in [0.29, 0.717) is 21.3 Å². The van der Waals surface area contributed by atoms with Crippen LogP contribution in [0.15, 0.2) is 48.0 Å². The van der Waals surface area contributed by atoms with Gasteiger partial charge in [-0.25, -0.2) is 4.39 Å². The van der Waals surface area contributed by atoms with Crippen LogP contribution in [0.25, 0.3) is 6.08 Å². The quantitative estimate of drug-likeness (QED) is 0.654. The minimum atomic E-state index is -0.629. The summed E-state index contributed by atoms with van der Waals surface area (Å²) in [5, 5.41) is 12.3. The number of halogens is 3. The van der Waals surface area contributed by atoms with E-state index >= 15 is 0 Å². The Balaban J connectivity index is 2.24. The van der Waals surface area contributed by atoms with Crippen LogP contribution in [0, 0.1) is 17.1 Å². The van der Waals surface area contributed by atoms with E-state index in [2.05, 4.69) is 5.32 Å². The molecule has 0 bridgehead atoms. The number of carbonyl (C=O) groups excluding carboxylic acids is 1. The number of hydrogen-bond donors (Lipinski definition) is 1. The van der Waals surface area contributed by atoms with E-state index in [9.17, 15) is 9.18 Å². The SMILES string of the molecule is N#C/C(=C/c1ccc(F)cc1)C(=O)Nc1cc(Cl)ccc1Cl. The van der Waals surface area contributed by atoms with Crippen molar-refractivity contribution < 1.29 is 9.18 Å². The molecule has 0 radical (unpaired) electrons. The van der Waals surface area contributed by atoms with Crippen LogP contribution in [-0.4, -0.2) is 5.91 Å². The van der Waals surface area contributed by atoms with Gasteiger partial charge in [0.15, 0.2) is 0 Å². The van der Waals surface area contributed by atoms with E-state index in [1.165, 1.54) is 42.5 Å². The van der Waals surface area contributed by atoms with Crippen molar-refractivity contribution in [3.05, 3.63) is 69.5 Å². The summed E-state index contributed by atoms with van der Waals surface area (Å²) in [5.41, 5.74) is 0.701. The van der Waals surface area contributed by atoms with Crippen molar-refractivity contribution in [1.82, 2.24) is 0 Å². The predicted molar refractivity (Wildman–Crippen MR) is 85.1 cm³/mol. The molecule has 2 aromatic rings. The highest BCUT2D eigenvalue weighted by atomic mass is 35.5. The number of rotatable bonds is 3. The molecule has 0 spiro atoms. The molecule has 22 heavy (non-hydrogen) atoms. The van der Waals surface area contributed by atoms with E-state index in [0.717, 1.165) is 0 Å². The van der Waals surface area contributed by atoms with Crippen molar-refractivity contribution >= 4 is 40.9 Å². The molecule has 0 aromatic heterocycles. The number of hydrogen-bond acceptors (Lipinski definition) is 2. The third-order valence-corrected chi connectivity index (χ3v) is 3.29. The van der Waals surface area contributed by atoms with Gasteiger partial charge in [0.1, 0.15) is 17.5 Å². The fourth-order valence-electron chi connectivity index (χ4n) is 1.66. The molecule has 0 fully saturated rings. The van der Waals surface area contributed by atoms with E-state index < -0.39 is 11.7 Å². The number of nitrogens with zero attached hydrogens (tertiary/aromatic N) is 1. The Morgan fingerprint density at radius 3 is 2.50 bits per heavy atom. The van der Waals surface area contributed by atoms with Gasteiger partial charge in [-0.1, -0.05) is 35.3 Å². The Bertz CT molecular complexity index is 780. The average Bonchev–Trinajstić information content (AvgIpc) is 2.50. The van der Waals surface area contributed by atoms with Crippen LogP contribution in [-0.2, 0) is 4.79 Å². The summed E-state index contributed by atoms with van der Waals surface area (Å²) in [6, 6.07) is 11.8. The first-order valence-corrected chi connectivity index (χ1v) is 6.89. The summed E-state index contributed by atoms with van der Waals surface area (Å²) in [6.07, 6.45) is 1.35. The van der Waals surface area contributed by atoms with E-state index in [1.54, 1.807) is 12.1 Å². The smallest absolute Gasteiger partial charge is 0.266 e. The second-order valence-corrected chi connectivity index (χ2v) is 5.14. The Morgan fingerprint density at radius 2 is 1.86 bits per heavy atom. The van der Waals surface area contributed by atoms with Gasteiger partial charge in [-0.2, -0.15) is 5.26 Å². The second-order valence-electron chi connectivity index (χ2n) is 4.30. The molecular weight excluding hydrogens is 326 g/mol. The number of nitrogens with one attached hydrogen (secondary N) is 1. The third-order valence-electron chi connectivity index (χ3n) is 2.72. The first-order valence-electron chi connectivity index (χ1n) is 6.13. The number of carbonyl (C=O) groups is 1. The topological polar surface area (TPSA) is 52.9 Å². The van der Waals surface area contributed by atoms with Crippen LogP contribution < -0.4 is 5.32 Å². The second kappa shape index (κ2) is 7.08. The first-order chi connectivity index (χ1) is 10.5. The normalized spacial score (nSPS) is 10.9. The number of amides is 1. The van der Waals surface area contributed by atoms with Crippen molar-refractivity contribution in [3.63, 3.8) is 0 Å². The molecule has 0 aliphatic carbocycles. The molecule has 0 aliphatic rings. The first kappa shape index (κ1) is 16.0. The lowest BCUT2D eigenvalue weighted by atomic mass is 10.1. The molecular formula is C16H9Cl2FN2O. The maximum absolute atomic E-state index is 12.8. The van der Waals surface area contributed by atoms with Crippen molar-refractivity contribution in [2.45, 2.75) is 0 Å². The summed E-state index contributed by atoms with van der Waals surface area (Å²) in [6.45, 7) is 0. The Kier molecular flexibility index (Phi) is 5.16. The molecule has 2 aromatic carbocycles. The summed E-state index contributed by atoms with van der Waals surface area (Å²) >= 11 is 11.8. The maximum Gasteiger partial charge on any atom is 0.266 e. The lowest BCUT2D eigenvalue weighted by Crippen LogP contribution is -2.13. The lowest BCUT2D eigenvalue weighted by Gasteiger charge is -2.07. The zero-order valence-electron chi connectivity index (χ0n) is 11.1. The van der Waals surface area contributed by atoms with Gasteiger partial charge in [-0.3, -0.25) is 4.79 Å². The summed E-state index contributed by atoms with van der Waals surface area (Å²) in [5.74, 6) is -1.03. The Hall–Kier alpha value is -2.35. The van der Waals surface area contributed by atoms with Gasteiger partial charge in [0.05, 0.1) is 10.7 Å². The van der Waals surface area contributed by atoms with Gasteiger partial charge in [0, 0.05) is 5.02 Å². The van der Waals surface area contributed by atoms with E-state index in [4.69, 9.17) is 28.5 Å². The van der Waals surface area contributed by atoms with Crippen molar-refractivity contribution in [1.29, 1.82) is 5.26 Å². The Labute approximate surface area is 136 Å². The number of anilines is 1. The van der Waals surface area contributed by atoms with Gasteiger partial charge in [0.2, 0.25) is 0 Å². The highest BCUT2D eigenvalue weighted by molar-refractivity contribution is 6.36. The fraction of sp³-hybridized carbons (Fsp3) is 0. The highest BCUT2D eigenvalue weighted by Gasteiger charge is 2.12. The molecule has 0 heterocycles. The van der Waals surface area contributed by atoms with E-state index in [-0.39, 0.29) is 5.57 Å². The maximum atomic E-state index is 12.8. The minimum absolute atomic E-state index is 0.136. The third kappa shape index (κ3) is 4.08. The summed E-state index contributed by atoms with van der Waals surface area (Å²) < 4.78 is 12.8. The van der Waals surface area contributed by atoms with Gasteiger partial charge in [0.25, 0.3) is 5.91 Å². The molecule has 1 amide bonds. The molecule has 0 saturated carbocycles. The standard InChI is InChI=1S/C16H9Cl2FN2O/c17-12-3-6-14(18)15(8-12)21-16(22)11(9-20)7-10-1-4-13(19)5-2-10/h1-8H,(H,21,22)/b11-7-. The van der Waals surface area contributed by atoms with Crippen LogP contribution in [0.3, 0.4) is 0 Å². The molecule has 2 rings (SSSR count). The average molecular weight is 335 g/mol. The fourth-order valence-corrected chi connectivity index (χ4v) is 1.99. The van der Waals surface area contributed by atoms with Gasteiger partial charge < -0.3 is 5.32 Å². The van der Waals surface area contributed by atoms with Crippen molar-refractivity contribution in [2.75, 3.05) is 5.32 Å². The molecule has 0 unspecified atom stereocenters. The summed E-state index contributed by atoms with van der Waals surface area (Å²) in [7, 11) is 0. The Morgan fingerprint density at radius 1 is 1.18 bits per heavy atom. The predicted octanol–water partition coefficient (Wildman–Crippen LogP) is 4.68. The summed E-state index contributed by atoms with van der Waals surface area (Å²) in [4.78, 5) is 12.1. The number of nitriles is 1. The molecule has 110 valence electrons. The highest BCUT2D eigenvalue weighted by Crippen LogP contribution is 2.25. The monoisotopic (exact) mass is 334 g/mol. The molecule has 1 N–H and O–H groups in total. The van der Waals surface area contributed by atoms with Crippen LogP contribution in [0.2, 0.25) is 10.0 Å². The molecule has 0 atom stereocenters. The largest absolute Gasteiger partial charge is 0.320 e. The molecule has 3 nitrogen and oxygen atoms in total. The van der Waals surface area contributed by atoms with Crippen LogP contribution in [0.4, 0.5) is 10.1 Å². The zero-order valence-corrected chi connectivity index (χ0v) is 12.6. The number of benzene rings is 2. The molecule has 6 heteroatoms.